The molecule has 0 saturated heterocycles. The van der Waals surface area contributed by atoms with Gasteiger partial charge in [-0.05, 0) is 45.2 Å². The second kappa shape index (κ2) is 8.24. The highest BCUT2D eigenvalue weighted by Crippen LogP contribution is 2.41. The molecule has 6 rings (SSSR count). The number of carbonyl (C=O) groups is 1. The van der Waals surface area contributed by atoms with E-state index in [1.54, 1.807) is 23.5 Å². The SMILES string of the molecule is O=C(O)c1cccc2c1Nc1sc(Cc3ccc(-c4ccccc4-c4nn[nH]n4)cc3)cc1C2. The van der Waals surface area contributed by atoms with Crippen LogP contribution in [0.15, 0.2) is 72.8 Å². The Labute approximate surface area is 199 Å². The molecule has 34 heavy (non-hydrogen) atoms. The first-order chi connectivity index (χ1) is 16.7. The van der Waals surface area contributed by atoms with Crippen LogP contribution in [0.25, 0.3) is 22.5 Å². The van der Waals surface area contributed by atoms with Crippen molar-refractivity contribution in [1.82, 2.24) is 20.6 Å². The molecular formula is C26H19N5O2S. The second-order valence-corrected chi connectivity index (χ2v) is 9.31. The standard InChI is InChI=1S/C26H19N5O2S/c32-26(33)22-7-3-4-17-13-18-14-19(34-25(18)27-23(17)22)12-15-8-10-16(11-9-15)20-5-1-2-6-21(20)24-28-30-31-29-24/h1-11,14,27H,12-13H2,(H,32,33)(H,28,29,30,31). The molecule has 5 aromatic rings. The van der Waals surface area contributed by atoms with E-state index < -0.39 is 5.97 Å². The lowest BCUT2D eigenvalue weighted by molar-refractivity contribution is 0.0698. The van der Waals surface area contributed by atoms with Gasteiger partial charge < -0.3 is 10.4 Å². The van der Waals surface area contributed by atoms with Gasteiger partial charge in [-0.15, -0.1) is 21.5 Å². The van der Waals surface area contributed by atoms with Gasteiger partial charge >= 0.3 is 5.97 Å². The lowest BCUT2D eigenvalue weighted by atomic mass is 9.96. The second-order valence-electron chi connectivity index (χ2n) is 8.17. The van der Waals surface area contributed by atoms with E-state index in [0.29, 0.717) is 17.1 Å². The molecule has 166 valence electrons. The zero-order valence-electron chi connectivity index (χ0n) is 17.9. The summed E-state index contributed by atoms with van der Waals surface area (Å²) in [5, 5.41) is 28.4. The monoisotopic (exact) mass is 465 g/mol. The summed E-state index contributed by atoms with van der Waals surface area (Å²) in [5.74, 6) is -0.339. The summed E-state index contributed by atoms with van der Waals surface area (Å²) in [6, 6.07) is 24.2. The number of H-pyrrole nitrogens is 1. The fourth-order valence-corrected chi connectivity index (χ4v) is 5.53. The third kappa shape index (κ3) is 3.64. The van der Waals surface area contributed by atoms with Gasteiger partial charge in [-0.3, -0.25) is 0 Å². The predicted octanol–water partition coefficient (Wildman–Crippen LogP) is 5.53. The summed E-state index contributed by atoms with van der Waals surface area (Å²) in [6.07, 6.45) is 1.55. The molecular weight excluding hydrogens is 446 g/mol. The number of fused-ring (bicyclic) bond motifs is 2. The molecule has 0 bridgehead atoms. The van der Waals surface area contributed by atoms with Crippen molar-refractivity contribution in [2.45, 2.75) is 12.8 Å². The first kappa shape index (κ1) is 20.3. The molecule has 3 heterocycles. The Bertz CT molecular complexity index is 1510. The molecule has 0 radical (unpaired) electrons. The van der Waals surface area contributed by atoms with Crippen LogP contribution < -0.4 is 5.32 Å². The fraction of sp³-hybridized carbons (Fsp3) is 0.0769. The number of aromatic carboxylic acids is 1. The number of thiophene rings is 1. The minimum absolute atomic E-state index is 0.315. The maximum atomic E-state index is 11.6. The first-order valence-corrected chi connectivity index (χ1v) is 11.6. The summed E-state index contributed by atoms with van der Waals surface area (Å²) in [6.45, 7) is 0. The van der Waals surface area contributed by atoms with Crippen molar-refractivity contribution in [2.24, 2.45) is 0 Å². The van der Waals surface area contributed by atoms with Crippen molar-refractivity contribution in [3.05, 3.63) is 99.9 Å². The highest BCUT2D eigenvalue weighted by molar-refractivity contribution is 7.16. The number of aromatic amines is 1. The average Bonchev–Trinajstić information content (AvgIpc) is 3.52. The minimum Gasteiger partial charge on any atom is -0.478 e. The zero-order valence-corrected chi connectivity index (χ0v) is 18.8. The molecule has 0 amide bonds. The van der Waals surface area contributed by atoms with Crippen LogP contribution in [-0.4, -0.2) is 31.7 Å². The van der Waals surface area contributed by atoms with E-state index in [9.17, 15) is 9.90 Å². The van der Waals surface area contributed by atoms with Crippen molar-refractivity contribution in [3.63, 3.8) is 0 Å². The molecule has 0 fully saturated rings. The topological polar surface area (TPSA) is 104 Å². The van der Waals surface area contributed by atoms with Gasteiger partial charge in [-0.1, -0.05) is 60.7 Å². The summed E-state index contributed by atoms with van der Waals surface area (Å²) in [4.78, 5) is 12.8. The van der Waals surface area contributed by atoms with Crippen LogP contribution in [0.1, 0.15) is 31.9 Å². The van der Waals surface area contributed by atoms with Gasteiger partial charge in [0.05, 0.1) is 16.3 Å². The van der Waals surface area contributed by atoms with E-state index >= 15 is 0 Å². The van der Waals surface area contributed by atoms with Crippen LogP contribution in [-0.2, 0) is 12.8 Å². The molecule has 7 nitrogen and oxygen atoms in total. The Morgan fingerprint density at radius 2 is 1.79 bits per heavy atom. The molecule has 2 aromatic heterocycles. The van der Waals surface area contributed by atoms with Crippen molar-refractivity contribution in [3.8, 4) is 22.5 Å². The Morgan fingerprint density at radius 3 is 2.56 bits per heavy atom. The van der Waals surface area contributed by atoms with Crippen molar-refractivity contribution in [1.29, 1.82) is 0 Å². The number of para-hydroxylation sites is 1. The van der Waals surface area contributed by atoms with Gasteiger partial charge in [-0.25, -0.2) is 4.79 Å². The zero-order chi connectivity index (χ0) is 23.1. The van der Waals surface area contributed by atoms with Crippen molar-refractivity contribution in [2.75, 3.05) is 5.32 Å². The Morgan fingerprint density at radius 1 is 0.971 bits per heavy atom. The Hall–Kier alpha value is -4.30. The number of aromatic nitrogens is 4. The highest BCUT2D eigenvalue weighted by atomic mass is 32.1. The van der Waals surface area contributed by atoms with E-state index in [4.69, 9.17) is 0 Å². The summed E-state index contributed by atoms with van der Waals surface area (Å²) < 4.78 is 0. The smallest absolute Gasteiger partial charge is 0.337 e. The summed E-state index contributed by atoms with van der Waals surface area (Å²) in [7, 11) is 0. The number of hydrogen-bond donors (Lipinski definition) is 3. The van der Waals surface area contributed by atoms with E-state index in [2.05, 4.69) is 62.3 Å². The van der Waals surface area contributed by atoms with Crippen LogP contribution in [0.3, 0.4) is 0 Å². The van der Waals surface area contributed by atoms with E-state index in [-0.39, 0.29) is 0 Å². The van der Waals surface area contributed by atoms with Gasteiger partial charge in [0.1, 0.15) is 0 Å². The number of carboxylic acid groups (broad SMARTS) is 1. The maximum Gasteiger partial charge on any atom is 0.337 e. The van der Waals surface area contributed by atoms with Gasteiger partial charge in [0, 0.05) is 23.3 Å². The third-order valence-corrected chi connectivity index (χ3v) is 7.11. The molecule has 1 aliphatic heterocycles. The molecule has 0 unspecified atom stereocenters. The van der Waals surface area contributed by atoms with E-state index in [1.807, 2.05) is 24.3 Å². The normalized spacial score (nSPS) is 12.0. The highest BCUT2D eigenvalue weighted by Gasteiger charge is 2.22. The minimum atomic E-state index is -0.912. The van der Waals surface area contributed by atoms with Crippen LogP contribution in [0.5, 0.6) is 0 Å². The van der Waals surface area contributed by atoms with Crippen LogP contribution in [0, 0.1) is 0 Å². The lowest BCUT2D eigenvalue weighted by Gasteiger charge is -2.19. The average molecular weight is 466 g/mol. The third-order valence-electron chi connectivity index (χ3n) is 6.02. The van der Waals surface area contributed by atoms with Gasteiger partial charge in [0.25, 0.3) is 0 Å². The van der Waals surface area contributed by atoms with Gasteiger partial charge in [-0.2, -0.15) is 5.21 Å². The number of anilines is 2. The first-order valence-electron chi connectivity index (χ1n) is 10.8. The molecule has 0 atom stereocenters. The fourth-order valence-electron chi connectivity index (χ4n) is 4.41. The quantitative estimate of drug-likeness (QED) is 0.309. The Kier molecular flexibility index (Phi) is 4.92. The number of benzene rings is 3. The Balaban J connectivity index is 1.24. The molecule has 3 aromatic carbocycles. The maximum absolute atomic E-state index is 11.6. The number of tetrazole rings is 1. The molecule has 0 aliphatic carbocycles. The number of nitrogens with zero attached hydrogens (tertiary/aromatic N) is 3. The predicted molar refractivity (Wildman–Crippen MR) is 132 cm³/mol. The molecule has 0 spiro atoms. The largest absolute Gasteiger partial charge is 0.478 e. The summed E-state index contributed by atoms with van der Waals surface area (Å²) in [5.41, 5.74) is 7.54. The van der Waals surface area contributed by atoms with Gasteiger partial charge in [0.15, 0.2) is 0 Å². The van der Waals surface area contributed by atoms with E-state index in [1.165, 1.54) is 16.0 Å². The molecule has 8 heteroatoms. The van der Waals surface area contributed by atoms with Crippen LogP contribution in [0.2, 0.25) is 0 Å². The van der Waals surface area contributed by atoms with Gasteiger partial charge in [0.2, 0.25) is 5.82 Å². The van der Waals surface area contributed by atoms with Crippen LogP contribution in [0.4, 0.5) is 10.7 Å². The molecule has 1 aliphatic rings. The molecule has 3 N–H and O–H groups in total. The van der Waals surface area contributed by atoms with Crippen LogP contribution >= 0.6 is 11.3 Å². The number of nitrogens with one attached hydrogen (secondary N) is 2. The van der Waals surface area contributed by atoms with Crippen molar-refractivity contribution >= 4 is 28.0 Å². The number of hydrogen-bond acceptors (Lipinski definition) is 6. The van der Waals surface area contributed by atoms with E-state index in [0.717, 1.165) is 40.1 Å². The number of carboxylic acids is 1. The number of rotatable bonds is 5. The molecule has 0 saturated carbocycles. The lowest BCUT2D eigenvalue weighted by Crippen LogP contribution is -2.10. The van der Waals surface area contributed by atoms with Crippen molar-refractivity contribution < 1.29 is 9.90 Å². The summed E-state index contributed by atoms with van der Waals surface area (Å²) >= 11 is 1.68.